The maximum absolute atomic E-state index is 3.93. The van der Waals surface area contributed by atoms with Gasteiger partial charge < -0.3 is 20.0 Å². The van der Waals surface area contributed by atoms with Crippen LogP contribution in [0.3, 0.4) is 0 Å². The van der Waals surface area contributed by atoms with Crippen LogP contribution in [0.2, 0.25) is 0 Å². The summed E-state index contributed by atoms with van der Waals surface area (Å²) in [6.07, 6.45) is 2.65. The summed E-state index contributed by atoms with van der Waals surface area (Å²) in [7, 11) is 5.96. The van der Waals surface area contributed by atoms with E-state index in [1.54, 1.807) is 0 Å². The van der Waals surface area contributed by atoms with E-state index in [0.29, 0.717) is 0 Å². The minimum absolute atomic E-state index is 1.05. The summed E-state index contributed by atoms with van der Waals surface area (Å²) < 4.78 is 0. The highest BCUT2D eigenvalue weighted by Gasteiger charge is 2.15. The lowest BCUT2D eigenvalue weighted by atomic mass is 10.2. The van der Waals surface area contributed by atoms with Crippen molar-refractivity contribution in [1.82, 2.24) is 20.0 Å². The number of hydrogen-bond acceptors (Lipinski definition) is 4. The van der Waals surface area contributed by atoms with Crippen molar-refractivity contribution in [2.45, 2.75) is 26.7 Å². The average Bonchev–Trinajstić information content (AvgIpc) is 2.27. The van der Waals surface area contributed by atoms with Gasteiger partial charge in [0.05, 0.1) is 11.6 Å². The second kappa shape index (κ2) is 9.59. The zero-order valence-electron chi connectivity index (χ0n) is 13.5. The molecule has 0 unspecified atom stereocenters. The predicted octanol–water partition coefficient (Wildman–Crippen LogP) is 2.13. The Morgan fingerprint density at radius 1 is 0.947 bits per heavy atom. The van der Waals surface area contributed by atoms with E-state index in [1.165, 1.54) is 39.0 Å². The van der Waals surface area contributed by atoms with Crippen LogP contribution in [0, 0.1) is 0 Å². The molecule has 0 aromatic heterocycles. The Morgan fingerprint density at radius 3 is 1.47 bits per heavy atom. The fraction of sp³-hybridized carbons (Fsp3) is 0.733. The van der Waals surface area contributed by atoms with Crippen LogP contribution in [0.15, 0.2) is 24.8 Å². The molecule has 2 aliphatic rings. The predicted molar refractivity (Wildman–Crippen MR) is 84.8 cm³/mol. The number of hydrogen-bond donors (Lipinski definition) is 1. The molecule has 19 heavy (non-hydrogen) atoms. The van der Waals surface area contributed by atoms with E-state index in [0.717, 1.165) is 11.6 Å². The van der Waals surface area contributed by atoms with Gasteiger partial charge in [0.1, 0.15) is 0 Å². The molecule has 0 aromatic rings. The molecule has 0 atom stereocenters. The molecule has 0 aliphatic carbocycles. The normalized spacial score (nSPS) is 15.6. The van der Waals surface area contributed by atoms with Crippen LogP contribution in [-0.4, -0.2) is 62.0 Å². The van der Waals surface area contributed by atoms with Gasteiger partial charge in [0.15, 0.2) is 0 Å². The molecular formula is C15H32N4. The monoisotopic (exact) mass is 268 g/mol. The summed E-state index contributed by atoms with van der Waals surface area (Å²) in [5, 5.41) is 3.00. The van der Waals surface area contributed by atoms with Gasteiger partial charge >= 0.3 is 0 Å². The van der Waals surface area contributed by atoms with Gasteiger partial charge in [0.2, 0.25) is 0 Å². The molecule has 1 N–H and O–H groups in total. The summed E-state index contributed by atoms with van der Waals surface area (Å²) in [5.74, 6) is 2.19. The van der Waals surface area contributed by atoms with Gasteiger partial charge in [-0.05, 0) is 12.8 Å². The van der Waals surface area contributed by atoms with Gasteiger partial charge in [-0.2, -0.15) is 0 Å². The molecule has 4 heteroatoms. The SMILES string of the molecule is C=C(N(C)C)N1CCC1.C=C(NC)N1CCC1.CC. The molecule has 0 amide bonds. The van der Waals surface area contributed by atoms with Crippen LogP contribution in [0.5, 0.6) is 0 Å². The summed E-state index contributed by atoms with van der Waals surface area (Å²) in [5.41, 5.74) is 0. The maximum Gasteiger partial charge on any atom is 0.0959 e. The quantitative estimate of drug-likeness (QED) is 0.843. The first-order valence-corrected chi connectivity index (χ1v) is 7.29. The first-order valence-electron chi connectivity index (χ1n) is 7.29. The Balaban J connectivity index is 0.000000303. The number of nitrogens with one attached hydrogen (secondary N) is 1. The van der Waals surface area contributed by atoms with E-state index in [4.69, 9.17) is 0 Å². The van der Waals surface area contributed by atoms with Crippen LogP contribution in [0.25, 0.3) is 0 Å². The smallest absolute Gasteiger partial charge is 0.0959 e. The molecule has 0 bridgehead atoms. The summed E-state index contributed by atoms with van der Waals surface area (Å²) in [6, 6.07) is 0. The van der Waals surface area contributed by atoms with E-state index >= 15 is 0 Å². The lowest BCUT2D eigenvalue weighted by Gasteiger charge is -2.37. The fourth-order valence-electron chi connectivity index (χ4n) is 1.60. The van der Waals surface area contributed by atoms with E-state index in [9.17, 15) is 0 Å². The van der Waals surface area contributed by atoms with Crippen LogP contribution in [0.4, 0.5) is 0 Å². The van der Waals surface area contributed by atoms with Crippen molar-refractivity contribution in [1.29, 1.82) is 0 Å². The van der Waals surface area contributed by atoms with Crippen molar-refractivity contribution < 1.29 is 0 Å². The Bertz CT molecular complexity index is 265. The lowest BCUT2D eigenvalue weighted by Crippen LogP contribution is -2.40. The highest BCUT2D eigenvalue weighted by atomic mass is 15.3. The molecule has 2 saturated heterocycles. The van der Waals surface area contributed by atoms with Gasteiger partial charge in [-0.3, -0.25) is 0 Å². The third-order valence-corrected chi connectivity index (χ3v) is 3.26. The highest BCUT2D eigenvalue weighted by molar-refractivity contribution is 4.94. The van der Waals surface area contributed by atoms with Crippen molar-refractivity contribution in [3.05, 3.63) is 24.8 Å². The molecule has 0 spiro atoms. The van der Waals surface area contributed by atoms with E-state index < -0.39 is 0 Å². The summed E-state index contributed by atoms with van der Waals surface area (Å²) in [6.45, 7) is 16.5. The molecular weight excluding hydrogens is 236 g/mol. The number of rotatable bonds is 4. The molecule has 4 nitrogen and oxygen atoms in total. The third-order valence-electron chi connectivity index (χ3n) is 3.26. The Kier molecular flexibility index (Phi) is 8.92. The van der Waals surface area contributed by atoms with Crippen LogP contribution >= 0.6 is 0 Å². The zero-order valence-corrected chi connectivity index (χ0v) is 13.5. The molecule has 0 saturated carbocycles. The molecule has 0 radical (unpaired) electrons. The molecule has 0 aromatic carbocycles. The first-order chi connectivity index (χ1) is 9.06. The molecule has 2 rings (SSSR count). The first kappa shape index (κ1) is 17.7. The largest absolute Gasteiger partial charge is 0.375 e. The van der Waals surface area contributed by atoms with Crippen LogP contribution in [-0.2, 0) is 0 Å². The number of nitrogens with zero attached hydrogens (tertiary/aromatic N) is 3. The van der Waals surface area contributed by atoms with Crippen LogP contribution in [0.1, 0.15) is 26.7 Å². The van der Waals surface area contributed by atoms with Gasteiger partial charge in [0, 0.05) is 47.3 Å². The second-order valence-corrected chi connectivity index (χ2v) is 4.69. The second-order valence-electron chi connectivity index (χ2n) is 4.69. The summed E-state index contributed by atoms with van der Waals surface area (Å²) in [4.78, 5) is 6.55. The highest BCUT2D eigenvalue weighted by Crippen LogP contribution is 2.13. The molecule has 2 fully saturated rings. The summed E-state index contributed by atoms with van der Waals surface area (Å²) >= 11 is 0. The molecule has 2 heterocycles. The van der Waals surface area contributed by atoms with Gasteiger partial charge in [-0.1, -0.05) is 27.0 Å². The minimum Gasteiger partial charge on any atom is -0.375 e. The molecule has 2 aliphatic heterocycles. The number of likely N-dealkylation sites (tertiary alicyclic amines) is 2. The van der Waals surface area contributed by atoms with Gasteiger partial charge in [0.25, 0.3) is 0 Å². The van der Waals surface area contributed by atoms with Crippen LogP contribution < -0.4 is 5.32 Å². The van der Waals surface area contributed by atoms with Crippen molar-refractivity contribution in [2.75, 3.05) is 47.3 Å². The van der Waals surface area contributed by atoms with Crippen molar-refractivity contribution >= 4 is 0 Å². The topological polar surface area (TPSA) is 21.8 Å². The Hall–Kier alpha value is -1.32. The Morgan fingerprint density at radius 2 is 1.37 bits per heavy atom. The third kappa shape index (κ3) is 5.90. The molecule has 112 valence electrons. The van der Waals surface area contributed by atoms with Crippen molar-refractivity contribution in [3.8, 4) is 0 Å². The van der Waals surface area contributed by atoms with Gasteiger partial charge in [-0.25, -0.2) is 0 Å². The van der Waals surface area contributed by atoms with Gasteiger partial charge in [-0.15, -0.1) is 0 Å². The standard InChI is InChI=1S/C7H14N2.C6H12N2.C2H6/c1-7(8(2)3)9-5-4-6-9;1-6(7-2)8-4-3-5-8;1-2/h1,4-6H2,2-3H3;7H,1,3-5H2,2H3;1-2H3. The van der Waals surface area contributed by atoms with Crippen molar-refractivity contribution in [2.24, 2.45) is 0 Å². The fourth-order valence-corrected chi connectivity index (χ4v) is 1.60. The van der Waals surface area contributed by atoms with Crippen molar-refractivity contribution in [3.63, 3.8) is 0 Å². The zero-order chi connectivity index (χ0) is 14.8. The lowest BCUT2D eigenvalue weighted by molar-refractivity contribution is 0.182. The maximum atomic E-state index is 3.93. The van der Waals surface area contributed by atoms with E-state index in [-0.39, 0.29) is 0 Å². The van der Waals surface area contributed by atoms with E-state index in [1.807, 2.05) is 35.0 Å². The average molecular weight is 268 g/mol. The Labute approximate surface area is 119 Å². The minimum atomic E-state index is 1.05. The van der Waals surface area contributed by atoms with E-state index in [2.05, 4.69) is 33.2 Å².